The van der Waals surface area contributed by atoms with E-state index in [1.165, 1.54) is 11.8 Å². The topological polar surface area (TPSA) is 49.3 Å². The van der Waals surface area contributed by atoms with Gasteiger partial charge in [-0.15, -0.1) is 11.8 Å². The number of thioether (sulfide) groups is 1. The van der Waals surface area contributed by atoms with Gasteiger partial charge in [-0.1, -0.05) is 18.5 Å². The summed E-state index contributed by atoms with van der Waals surface area (Å²) in [5, 5.41) is 12.3. The fourth-order valence-corrected chi connectivity index (χ4v) is 1.74. The van der Waals surface area contributed by atoms with Gasteiger partial charge in [0.25, 0.3) is 0 Å². The third-order valence-electron chi connectivity index (χ3n) is 1.88. The van der Waals surface area contributed by atoms with Gasteiger partial charge in [0.2, 0.25) is 5.91 Å². The van der Waals surface area contributed by atoms with Crippen LogP contribution in [0.25, 0.3) is 0 Å². The molecule has 0 radical (unpaired) electrons. The van der Waals surface area contributed by atoms with Crippen LogP contribution in [0, 0.1) is 0 Å². The molecule has 1 unspecified atom stereocenters. The number of carbonyl (C=O) groups is 1. The number of rotatable bonds is 5. The Labute approximate surface area is 104 Å². The van der Waals surface area contributed by atoms with Crippen LogP contribution in [0.15, 0.2) is 24.3 Å². The standard InChI is InChI=1S/C11H14ClNO2S/c1-8(6-14)16-7-11(15)13-10-4-2-9(12)3-5-10/h2-5,8,14H,6-7H2,1H3,(H,13,15). The third-order valence-corrected chi connectivity index (χ3v) is 3.28. The van der Waals surface area contributed by atoms with Crippen LogP contribution in [-0.2, 0) is 4.79 Å². The summed E-state index contributed by atoms with van der Waals surface area (Å²) in [5.41, 5.74) is 0.728. The molecule has 5 heteroatoms. The van der Waals surface area contributed by atoms with E-state index in [1.807, 2.05) is 6.92 Å². The van der Waals surface area contributed by atoms with Crippen LogP contribution in [0.3, 0.4) is 0 Å². The quantitative estimate of drug-likeness (QED) is 0.854. The summed E-state index contributed by atoms with van der Waals surface area (Å²) in [4.78, 5) is 11.5. The fourth-order valence-electron chi connectivity index (χ4n) is 1.00. The van der Waals surface area contributed by atoms with E-state index in [0.29, 0.717) is 10.8 Å². The molecular formula is C11H14ClNO2S. The van der Waals surface area contributed by atoms with Gasteiger partial charge in [0, 0.05) is 16.0 Å². The summed E-state index contributed by atoms with van der Waals surface area (Å²) >= 11 is 7.14. The van der Waals surface area contributed by atoms with E-state index in [1.54, 1.807) is 24.3 Å². The van der Waals surface area contributed by atoms with Crippen LogP contribution in [0.1, 0.15) is 6.92 Å². The Balaban J connectivity index is 2.37. The normalized spacial score (nSPS) is 12.2. The molecule has 0 aliphatic carbocycles. The summed E-state index contributed by atoms with van der Waals surface area (Å²) < 4.78 is 0. The fraction of sp³-hybridized carbons (Fsp3) is 0.364. The molecule has 2 N–H and O–H groups in total. The maximum absolute atomic E-state index is 11.5. The van der Waals surface area contributed by atoms with Crippen LogP contribution in [0.5, 0.6) is 0 Å². The molecule has 0 aliphatic heterocycles. The Hall–Kier alpha value is -0.710. The lowest BCUT2D eigenvalue weighted by Crippen LogP contribution is -2.16. The van der Waals surface area contributed by atoms with Crippen molar-refractivity contribution in [2.45, 2.75) is 12.2 Å². The lowest BCUT2D eigenvalue weighted by Gasteiger charge is -2.08. The number of nitrogens with one attached hydrogen (secondary N) is 1. The third kappa shape index (κ3) is 4.88. The van der Waals surface area contributed by atoms with E-state index in [0.717, 1.165) is 5.69 Å². The first kappa shape index (κ1) is 13.4. The van der Waals surface area contributed by atoms with Gasteiger partial charge in [0.1, 0.15) is 0 Å². The Morgan fingerprint density at radius 2 is 2.12 bits per heavy atom. The van der Waals surface area contributed by atoms with Crippen molar-refractivity contribution in [3.8, 4) is 0 Å². The van der Waals surface area contributed by atoms with Gasteiger partial charge in [-0.3, -0.25) is 4.79 Å². The molecular weight excluding hydrogens is 246 g/mol. The molecule has 0 saturated heterocycles. The molecule has 1 atom stereocenters. The molecule has 0 heterocycles. The minimum absolute atomic E-state index is 0.0763. The van der Waals surface area contributed by atoms with Crippen LogP contribution in [0.4, 0.5) is 5.69 Å². The van der Waals surface area contributed by atoms with Gasteiger partial charge in [-0.2, -0.15) is 0 Å². The summed E-state index contributed by atoms with van der Waals surface area (Å²) in [7, 11) is 0. The Kier molecular flexibility index (Phi) is 5.66. The highest BCUT2D eigenvalue weighted by atomic mass is 35.5. The number of hydrogen-bond acceptors (Lipinski definition) is 3. The Morgan fingerprint density at radius 3 is 2.69 bits per heavy atom. The second kappa shape index (κ2) is 6.78. The lowest BCUT2D eigenvalue weighted by molar-refractivity contribution is -0.113. The van der Waals surface area contributed by atoms with Gasteiger partial charge in [-0.25, -0.2) is 0 Å². The van der Waals surface area contributed by atoms with E-state index in [2.05, 4.69) is 5.32 Å². The van der Waals surface area contributed by atoms with Gasteiger partial charge in [-0.05, 0) is 24.3 Å². The van der Waals surface area contributed by atoms with Crippen molar-refractivity contribution in [3.05, 3.63) is 29.3 Å². The maximum Gasteiger partial charge on any atom is 0.234 e. The van der Waals surface area contributed by atoms with E-state index in [9.17, 15) is 4.79 Å². The molecule has 0 saturated carbocycles. The maximum atomic E-state index is 11.5. The van der Waals surface area contributed by atoms with Gasteiger partial charge < -0.3 is 10.4 Å². The predicted octanol–water partition coefficient (Wildman–Crippen LogP) is 2.39. The predicted molar refractivity (Wildman–Crippen MR) is 69.1 cm³/mol. The van der Waals surface area contributed by atoms with E-state index in [-0.39, 0.29) is 17.8 Å². The average molecular weight is 260 g/mol. The second-order valence-corrected chi connectivity index (χ2v) is 5.22. The second-order valence-electron chi connectivity index (χ2n) is 3.36. The number of aliphatic hydroxyl groups excluding tert-OH is 1. The van der Waals surface area contributed by atoms with Crippen molar-refractivity contribution in [1.29, 1.82) is 0 Å². The summed E-state index contributed by atoms with van der Waals surface area (Å²) in [6.07, 6.45) is 0. The molecule has 0 aromatic heterocycles. The van der Waals surface area contributed by atoms with Crippen LogP contribution in [0.2, 0.25) is 5.02 Å². The van der Waals surface area contributed by atoms with Crippen LogP contribution in [-0.4, -0.2) is 28.6 Å². The minimum Gasteiger partial charge on any atom is -0.395 e. The Morgan fingerprint density at radius 1 is 1.50 bits per heavy atom. The zero-order valence-electron chi connectivity index (χ0n) is 8.94. The van der Waals surface area contributed by atoms with Crippen molar-refractivity contribution < 1.29 is 9.90 Å². The van der Waals surface area contributed by atoms with Crippen molar-refractivity contribution in [1.82, 2.24) is 0 Å². The first-order valence-electron chi connectivity index (χ1n) is 4.89. The summed E-state index contributed by atoms with van der Waals surface area (Å²) in [6, 6.07) is 6.95. The highest BCUT2D eigenvalue weighted by molar-refractivity contribution is 8.00. The molecule has 1 aromatic carbocycles. The zero-order chi connectivity index (χ0) is 12.0. The molecule has 1 amide bonds. The number of carbonyl (C=O) groups excluding carboxylic acids is 1. The summed E-state index contributed by atoms with van der Waals surface area (Å²) in [6.45, 7) is 1.96. The molecule has 0 fully saturated rings. The van der Waals surface area contributed by atoms with Gasteiger partial charge in [0.05, 0.1) is 12.4 Å². The van der Waals surface area contributed by atoms with Crippen molar-refractivity contribution in [3.63, 3.8) is 0 Å². The SMILES string of the molecule is CC(CO)SCC(=O)Nc1ccc(Cl)cc1. The molecule has 3 nitrogen and oxygen atoms in total. The molecule has 1 rings (SSSR count). The molecule has 0 aliphatic rings. The highest BCUT2D eigenvalue weighted by Gasteiger charge is 2.06. The number of anilines is 1. The molecule has 88 valence electrons. The van der Waals surface area contributed by atoms with Crippen molar-refractivity contribution in [2.75, 3.05) is 17.7 Å². The number of aliphatic hydroxyl groups is 1. The van der Waals surface area contributed by atoms with Crippen molar-refractivity contribution in [2.24, 2.45) is 0 Å². The van der Waals surface area contributed by atoms with E-state index in [4.69, 9.17) is 16.7 Å². The lowest BCUT2D eigenvalue weighted by atomic mass is 10.3. The number of amides is 1. The smallest absolute Gasteiger partial charge is 0.234 e. The molecule has 0 bridgehead atoms. The van der Waals surface area contributed by atoms with Gasteiger partial charge in [0.15, 0.2) is 0 Å². The monoisotopic (exact) mass is 259 g/mol. The van der Waals surface area contributed by atoms with Crippen molar-refractivity contribution >= 4 is 35.0 Å². The first-order chi connectivity index (χ1) is 7.61. The first-order valence-corrected chi connectivity index (χ1v) is 6.32. The number of halogens is 1. The van der Waals surface area contributed by atoms with Crippen LogP contribution >= 0.6 is 23.4 Å². The molecule has 0 spiro atoms. The van der Waals surface area contributed by atoms with Crippen LogP contribution < -0.4 is 5.32 Å². The number of hydrogen-bond donors (Lipinski definition) is 2. The molecule has 16 heavy (non-hydrogen) atoms. The van der Waals surface area contributed by atoms with E-state index >= 15 is 0 Å². The molecule has 1 aromatic rings. The minimum atomic E-state index is -0.0763. The van der Waals surface area contributed by atoms with Gasteiger partial charge >= 0.3 is 0 Å². The average Bonchev–Trinajstić information content (AvgIpc) is 2.29. The summed E-state index contributed by atoms with van der Waals surface area (Å²) in [5.74, 6) is 0.261. The highest BCUT2D eigenvalue weighted by Crippen LogP contribution is 2.14. The van der Waals surface area contributed by atoms with E-state index < -0.39 is 0 Å². The largest absolute Gasteiger partial charge is 0.395 e. The zero-order valence-corrected chi connectivity index (χ0v) is 10.5. The number of benzene rings is 1. The Bertz CT molecular complexity index is 342.